The number of hydrogen-bond acceptors (Lipinski definition) is 1. The van der Waals surface area contributed by atoms with E-state index in [9.17, 15) is 0 Å². The lowest BCUT2D eigenvalue weighted by atomic mass is 10.1. The van der Waals surface area contributed by atoms with Gasteiger partial charge in [0.15, 0.2) is 0 Å². The summed E-state index contributed by atoms with van der Waals surface area (Å²) in [7, 11) is 0. The first-order valence-corrected chi connectivity index (χ1v) is 4.95. The molecule has 0 aromatic rings. The van der Waals surface area contributed by atoms with Crippen LogP contribution in [0.4, 0.5) is 0 Å². The van der Waals surface area contributed by atoms with Gasteiger partial charge in [0.25, 0.3) is 0 Å². The first kappa shape index (κ1) is 13.4. The predicted molar refractivity (Wildman–Crippen MR) is 70.1 cm³/mol. The second-order valence-electron chi connectivity index (χ2n) is 3.22. The van der Waals surface area contributed by atoms with Gasteiger partial charge in [-0.25, -0.2) is 0 Å². The Labute approximate surface area is 92.9 Å². The van der Waals surface area contributed by atoms with Gasteiger partial charge in [-0.05, 0) is 18.6 Å². The van der Waals surface area contributed by atoms with Gasteiger partial charge in [-0.2, -0.15) is 0 Å². The van der Waals surface area contributed by atoms with Crippen molar-refractivity contribution in [1.82, 2.24) is 0 Å². The number of rotatable bonds is 6. The lowest BCUT2D eigenvalue weighted by molar-refractivity contribution is 0.973. The number of aliphatic imine (C=N–C) groups is 1. The van der Waals surface area contributed by atoms with Gasteiger partial charge in [-0.1, -0.05) is 51.0 Å². The van der Waals surface area contributed by atoms with Crippen LogP contribution in [-0.2, 0) is 0 Å². The zero-order chi connectivity index (χ0) is 11.7. The average molecular weight is 201 g/mol. The highest BCUT2D eigenvalue weighted by atomic mass is 14.7. The molecule has 0 heterocycles. The van der Waals surface area contributed by atoms with Crippen LogP contribution in [0.5, 0.6) is 0 Å². The third kappa shape index (κ3) is 6.44. The third-order valence-electron chi connectivity index (χ3n) is 1.90. The molecule has 15 heavy (non-hydrogen) atoms. The molecule has 1 atom stereocenters. The van der Waals surface area contributed by atoms with Gasteiger partial charge in [-0.3, -0.25) is 4.99 Å². The fourth-order valence-corrected chi connectivity index (χ4v) is 0.810. The topological polar surface area (TPSA) is 12.4 Å². The molecule has 0 saturated carbocycles. The Bertz CT molecular complexity index is 316. The van der Waals surface area contributed by atoms with Crippen molar-refractivity contribution in [3.63, 3.8) is 0 Å². The van der Waals surface area contributed by atoms with E-state index < -0.39 is 0 Å². The van der Waals surface area contributed by atoms with Crippen LogP contribution in [0, 0.1) is 5.92 Å². The molecule has 0 bridgehead atoms. The van der Waals surface area contributed by atoms with Crippen molar-refractivity contribution in [1.29, 1.82) is 0 Å². The first-order chi connectivity index (χ1) is 7.11. The highest BCUT2D eigenvalue weighted by Crippen LogP contribution is 2.07. The summed E-state index contributed by atoms with van der Waals surface area (Å²) in [6.45, 7) is 15.3. The van der Waals surface area contributed by atoms with Gasteiger partial charge in [-0.15, -0.1) is 0 Å². The van der Waals surface area contributed by atoms with E-state index in [-0.39, 0.29) is 5.92 Å². The van der Waals surface area contributed by atoms with Crippen LogP contribution in [0.3, 0.4) is 0 Å². The Hall–Kier alpha value is -1.63. The van der Waals surface area contributed by atoms with Gasteiger partial charge in [0.2, 0.25) is 0 Å². The Morgan fingerprint density at radius 1 is 1.27 bits per heavy atom. The summed E-state index contributed by atoms with van der Waals surface area (Å²) in [5, 5.41) is 0. The molecule has 1 nitrogen and oxygen atoms in total. The van der Waals surface area contributed by atoms with E-state index in [1.54, 1.807) is 6.08 Å². The second-order valence-corrected chi connectivity index (χ2v) is 3.22. The van der Waals surface area contributed by atoms with Crippen molar-refractivity contribution in [2.75, 3.05) is 0 Å². The zero-order valence-electron chi connectivity index (χ0n) is 9.61. The summed E-state index contributed by atoms with van der Waals surface area (Å²) >= 11 is 0. The Balaban J connectivity index is 4.22. The number of hydrogen-bond donors (Lipinski definition) is 0. The van der Waals surface area contributed by atoms with E-state index in [4.69, 9.17) is 0 Å². The molecule has 0 saturated heterocycles. The van der Waals surface area contributed by atoms with Gasteiger partial charge < -0.3 is 0 Å². The monoisotopic (exact) mass is 201 g/mol. The summed E-state index contributed by atoms with van der Waals surface area (Å²) in [5.41, 5.74) is 1.70. The second kappa shape index (κ2) is 7.74. The van der Waals surface area contributed by atoms with E-state index in [2.05, 4.69) is 24.7 Å². The van der Waals surface area contributed by atoms with E-state index in [1.807, 2.05) is 44.4 Å². The summed E-state index contributed by atoms with van der Waals surface area (Å²) in [6.07, 6.45) is 11.2. The average Bonchev–Trinajstić information content (AvgIpc) is 2.25. The fraction of sp³-hybridized carbons (Fsp3) is 0.214. The summed E-state index contributed by atoms with van der Waals surface area (Å²) < 4.78 is 0. The molecule has 0 aliphatic rings. The quantitative estimate of drug-likeness (QED) is 0.453. The van der Waals surface area contributed by atoms with Gasteiger partial charge >= 0.3 is 0 Å². The molecule has 0 N–H and O–H groups in total. The lowest BCUT2D eigenvalue weighted by Crippen LogP contribution is -1.96. The van der Waals surface area contributed by atoms with Crippen molar-refractivity contribution < 1.29 is 0 Å². The smallest absolute Gasteiger partial charge is 0.0554 e. The number of nitrogens with zero attached hydrogens (tertiary/aromatic N) is 1. The predicted octanol–water partition coefficient (Wildman–Crippen LogP) is 4.08. The van der Waals surface area contributed by atoms with Crippen LogP contribution in [0.2, 0.25) is 0 Å². The minimum Gasteiger partial charge on any atom is -0.261 e. The molecule has 0 unspecified atom stereocenters. The minimum absolute atomic E-state index is 0.203. The summed E-state index contributed by atoms with van der Waals surface area (Å²) in [4.78, 5) is 4.22. The van der Waals surface area contributed by atoms with Crippen LogP contribution in [-0.4, -0.2) is 6.21 Å². The third-order valence-corrected chi connectivity index (χ3v) is 1.90. The van der Waals surface area contributed by atoms with Gasteiger partial charge in [0, 0.05) is 12.1 Å². The highest BCUT2D eigenvalue weighted by Gasteiger charge is 1.97. The Kier molecular flexibility index (Phi) is 6.90. The van der Waals surface area contributed by atoms with E-state index >= 15 is 0 Å². The van der Waals surface area contributed by atoms with Crippen molar-refractivity contribution >= 4 is 6.21 Å². The van der Waals surface area contributed by atoms with Crippen molar-refractivity contribution in [2.45, 2.75) is 13.8 Å². The molecule has 0 aromatic carbocycles. The van der Waals surface area contributed by atoms with E-state index in [1.165, 1.54) is 0 Å². The summed E-state index contributed by atoms with van der Waals surface area (Å²) in [5.74, 6) is 0.203. The maximum Gasteiger partial charge on any atom is 0.0554 e. The molecule has 0 rings (SSSR count). The van der Waals surface area contributed by atoms with E-state index in [0.29, 0.717) is 0 Å². The SMILES string of the molecule is C=CC(=C)[C@@H](C)/C=N\C(=C)/C=C\C=C/C. The van der Waals surface area contributed by atoms with Gasteiger partial charge in [0.1, 0.15) is 0 Å². The van der Waals surface area contributed by atoms with Crippen molar-refractivity contribution in [2.24, 2.45) is 10.9 Å². The first-order valence-electron chi connectivity index (χ1n) is 4.95. The minimum atomic E-state index is 0.203. The molecule has 0 radical (unpaired) electrons. The Morgan fingerprint density at radius 3 is 2.47 bits per heavy atom. The molecule has 0 fully saturated rings. The molecule has 0 aromatic heterocycles. The molecule has 0 amide bonds. The fourth-order valence-electron chi connectivity index (χ4n) is 0.810. The Morgan fingerprint density at radius 2 is 1.93 bits per heavy atom. The van der Waals surface area contributed by atoms with Crippen molar-refractivity contribution in [3.8, 4) is 0 Å². The highest BCUT2D eigenvalue weighted by molar-refractivity contribution is 5.67. The molecule has 0 aliphatic heterocycles. The molecular weight excluding hydrogens is 182 g/mol. The van der Waals surface area contributed by atoms with Crippen LogP contribution >= 0.6 is 0 Å². The van der Waals surface area contributed by atoms with E-state index in [0.717, 1.165) is 11.3 Å². The number of allylic oxidation sites excluding steroid dienone is 6. The molecule has 1 heteroatoms. The largest absolute Gasteiger partial charge is 0.261 e. The molecule has 80 valence electrons. The standard InChI is InChI=1S/C14H19N/c1-6-8-9-10-14(5)15-11-13(4)12(3)7-2/h6-11,13H,2-3,5H2,1,4H3/b8-6-,10-9-,15-11-/t13-/m0/s1. The lowest BCUT2D eigenvalue weighted by Gasteiger charge is -2.03. The molecule has 0 spiro atoms. The van der Waals surface area contributed by atoms with Crippen LogP contribution in [0.1, 0.15) is 13.8 Å². The maximum atomic E-state index is 4.22. The normalized spacial score (nSPS) is 13.7. The van der Waals surface area contributed by atoms with Gasteiger partial charge in [0.05, 0.1) is 5.70 Å². The maximum absolute atomic E-state index is 4.22. The van der Waals surface area contributed by atoms with Crippen LogP contribution in [0.25, 0.3) is 0 Å². The summed E-state index contributed by atoms with van der Waals surface area (Å²) in [6, 6.07) is 0. The van der Waals surface area contributed by atoms with Crippen molar-refractivity contribution in [3.05, 3.63) is 61.4 Å². The molecule has 0 aliphatic carbocycles. The zero-order valence-corrected chi connectivity index (χ0v) is 9.61. The van der Waals surface area contributed by atoms with Crippen LogP contribution < -0.4 is 0 Å². The molecular formula is C14H19N. The van der Waals surface area contributed by atoms with Crippen LogP contribution in [0.15, 0.2) is 66.4 Å².